The van der Waals surface area contributed by atoms with E-state index >= 15 is 0 Å². The van der Waals surface area contributed by atoms with Gasteiger partial charge in [0.25, 0.3) is 0 Å². The zero-order chi connectivity index (χ0) is 12.4. The number of rotatable bonds is 3. The van der Waals surface area contributed by atoms with Gasteiger partial charge in [-0.2, -0.15) is 11.8 Å². The summed E-state index contributed by atoms with van der Waals surface area (Å²) in [6.07, 6.45) is 1.02. The molecule has 0 aromatic carbocycles. The van der Waals surface area contributed by atoms with E-state index in [1.807, 2.05) is 23.7 Å². The van der Waals surface area contributed by atoms with Crippen LogP contribution in [0.1, 0.15) is 6.42 Å². The lowest BCUT2D eigenvalue weighted by molar-refractivity contribution is -0.384. The molecule has 0 N–H and O–H groups in total. The Hall–Kier alpha value is -1.01. The number of aromatic nitrogens is 1. The van der Waals surface area contributed by atoms with Crippen LogP contribution in [0, 0.1) is 10.1 Å². The number of pyridine rings is 1. The molecule has 7 heteroatoms. The van der Waals surface area contributed by atoms with E-state index in [9.17, 15) is 10.1 Å². The second-order valence-electron chi connectivity index (χ2n) is 3.86. The Bertz CT molecular complexity index is 438. The van der Waals surface area contributed by atoms with Crippen LogP contribution >= 0.6 is 23.4 Å². The van der Waals surface area contributed by atoms with Crippen LogP contribution in [0.25, 0.3) is 0 Å². The van der Waals surface area contributed by atoms with E-state index in [0.29, 0.717) is 11.9 Å². The summed E-state index contributed by atoms with van der Waals surface area (Å²) >= 11 is 7.66. The lowest BCUT2D eigenvalue weighted by Gasteiger charge is -2.24. The Balaban J connectivity index is 2.34. The highest BCUT2D eigenvalue weighted by molar-refractivity contribution is 7.99. The van der Waals surface area contributed by atoms with Crippen LogP contribution in [-0.2, 0) is 0 Å². The third-order valence-corrected chi connectivity index (χ3v) is 4.16. The molecule has 0 bridgehead atoms. The van der Waals surface area contributed by atoms with Gasteiger partial charge >= 0.3 is 5.69 Å². The molecule has 1 atom stereocenters. The molecule has 2 heterocycles. The van der Waals surface area contributed by atoms with Gasteiger partial charge in [-0.25, -0.2) is 4.98 Å². The monoisotopic (exact) mass is 273 g/mol. The van der Waals surface area contributed by atoms with Crippen LogP contribution in [0.15, 0.2) is 12.1 Å². The minimum Gasteiger partial charge on any atom is -0.350 e. The van der Waals surface area contributed by atoms with Gasteiger partial charge < -0.3 is 4.90 Å². The Morgan fingerprint density at radius 2 is 2.41 bits per heavy atom. The molecule has 1 aromatic rings. The average Bonchev–Trinajstić information content (AvgIpc) is 2.80. The van der Waals surface area contributed by atoms with E-state index in [1.54, 1.807) is 0 Å². The Morgan fingerprint density at radius 1 is 1.65 bits per heavy atom. The van der Waals surface area contributed by atoms with Gasteiger partial charge in [-0.1, -0.05) is 11.6 Å². The summed E-state index contributed by atoms with van der Waals surface area (Å²) in [7, 11) is 1.84. The summed E-state index contributed by atoms with van der Waals surface area (Å²) in [5, 5.41) is 11.2. The summed E-state index contributed by atoms with van der Waals surface area (Å²) in [4.78, 5) is 16.5. The second-order valence-corrected chi connectivity index (χ2v) is 5.40. The third kappa shape index (κ3) is 2.63. The zero-order valence-electron chi connectivity index (χ0n) is 9.30. The van der Waals surface area contributed by atoms with E-state index in [4.69, 9.17) is 11.6 Å². The number of hydrogen-bond acceptors (Lipinski definition) is 5. The van der Waals surface area contributed by atoms with Crippen LogP contribution < -0.4 is 4.90 Å². The van der Waals surface area contributed by atoms with Crippen molar-refractivity contribution in [2.24, 2.45) is 0 Å². The van der Waals surface area contributed by atoms with Gasteiger partial charge in [0.15, 0.2) is 0 Å². The van der Waals surface area contributed by atoms with E-state index in [1.165, 1.54) is 12.1 Å². The van der Waals surface area contributed by atoms with Crippen LogP contribution in [0.2, 0.25) is 5.15 Å². The number of nitrogens with zero attached hydrogens (tertiary/aromatic N) is 3. The summed E-state index contributed by atoms with van der Waals surface area (Å²) in [6, 6.07) is 3.15. The Morgan fingerprint density at radius 3 is 3.00 bits per heavy atom. The fourth-order valence-electron chi connectivity index (χ4n) is 1.82. The SMILES string of the molecule is CN(c1nc(Cl)ccc1[N+](=O)[O-])C1CCSC1. The van der Waals surface area contributed by atoms with Crippen LogP contribution in [-0.4, -0.2) is 34.5 Å². The predicted octanol–water partition coefficient (Wildman–Crippen LogP) is 2.58. The van der Waals surface area contributed by atoms with Crippen molar-refractivity contribution >= 4 is 34.9 Å². The molecule has 1 saturated heterocycles. The number of hydrogen-bond donors (Lipinski definition) is 0. The van der Waals surface area contributed by atoms with Crippen molar-refractivity contribution in [1.82, 2.24) is 4.98 Å². The molecule has 92 valence electrons. The maximum Gasteiger partial charge on any atom is 0.311 e. The van der Waals surface area contributed by atoms with Crippen molar-refractivity contribution in [3.8, 4) is 0 Å². The predicted molar refractivity (Wildman–Crippen MR) is 70.0 cm³/mol. The Kier molecular flexibility index (Phi) is 3.73. The minimum atomic E-state index is -0.419. The standard InChI is InChI=1S/C10H12ClN3O2S/c1-13(7-4-5-17-6-7)10-8(14(15)16)2-3-9(11)12-10/h2-3,7H,4-6H2,1H3. The summed E-state index contributed by atoms with van der Waals surface area (Å²) in [5.41, 5.74) is 0.00815. The molecule has 1 aliphatic rings. The van der Waals surface area contributed by atoms with Crippen molar-refractivity contribution in [3.63, 3.8) is 0 Å². The van der Waals surface area contributed by atoms with Crippen LogP contribution in [0.4, 0.5) is 11.5 Å². The molecule has 1 unspecified atom stereocenters. The zero-order valence-corrected chi connectivity index (χ0v) is 10.9. The molecule has 0 amide bonds. The van der Waals surface area contributed by atoms with Gasteiger partial charge in [-0.15, -0.1) is 0 Å². The number of thioether (sulfide) groups is 1. The van der Waals surface area contributed by atoms with Crippen molar-refractivity contribution in [3.05, 3.63) is 27.4 Å². The van der Waals surface area contributed by atoms with Crippen molar-refractivity contribution in [2.45, 2.75) is 12.5 Å². The summed E-state index contributed by atoms with van der Waals surface area (Å²) < 4.78 is 0. The molecular formula is C10H12ClN3O2S. The van der Waals surface area contributed by atoms with Crippen molar-refractivity contribution < 1.29 is 4.92 Å². The van der Waals surface area contributed by atoms with Gasteiger partial charge in [-0.3, -0.25) is 10.1 Å². The first kappa shape index (κ1) is 12.4. The van der Waals surface area contributed by atoms with Gasteiger partial charge in [0.05, 0.1) is 4.92 Å². The second kappa shape index (κ2) is 5.10. The van der Waals surface area contributed by atoms with Gasteiger partial charge in [0.2, 0.25) is 5.82 Å². The highest BCUT2D eigenvalue weighted by atomic mass is 35.5. The van der Waals surface area contributed by atoms with Crippen molar-refractivity contribution in [1.29, 1.82) is 0 Å². The molecule has 1 fully saturated rings. The summed E-state index contributed by atoms with van der Waals surface area (Å²) in [6.45, 7) is 0. The normalized spacial score (nSPS) is 19.3. The maximum atomic E-state index is 10.9. The van der Waals surface area contributed by atoms with E-state index in [-0.39, 0.29) is 10.8 Å². The molecule has 17 heavy (non-hydrogen) atoms. The fraction of sp³-hybridized carbons (Fsp3) is 0.500. The molecule has 0 saturated carbocycles. The largest absolute Gasteiger partial charge is 0.350 e. The quantitative estimate of drug-likeness (QED) is 0.481. The molecule has 5 nitrogen and oxygen atoms in total. The molecule has 2 rings (SSSR count). The summed E-state index contributed by atoms with van der Waals surface area (Å²) in [5.74, 6) is 2.42. The fourth-order valence-corrected chi connectivity index (χ4v) is 3.23. The van der Waals surface area contributed by atoms with Crippen molar-refractivity contribution in [2.75, 3.05) is 23.5 Å². The van der Waals surface area contributed by atoms with Gasteiger partial charge in [0, 0.05) is 24.9 Å². The van der Waals surface area contributed by atoms with Crippen LogP contribution in [0.3, 0.4) is 0 Å². The average molecular weight is 274 g/mol. The Labute approximate surface area is 108 Å². The molecular weight excluding hydrogens is 262 g/mol. The lowest BCUT2D eigenvalue weighted by Crippen LogP contribution is -2.32. The van der Waals surface area contributed by atoms with E-state index < -0.39 is 4.92 Å². The molecule has 1 aromatic heterocycles. The van der Waals surface area contributed by atoms with E-state index in [0.717, 1.165) is 17.9 Å². The van der Waals surface area contributed by atoms with E-state index in [2.05, 4.69) is 4.98 Å². The number of nitro groups is 1. The third-order valence-electron chi connectivity index (χ3n) is 2.80. The first-order valence-electron chi connectivity index (χ1n) is 5.21. The lowest BCUT2D eigenvalue weighted by atomic mass is 10.2. The van der Waals surface area contributed by atoms with Crippen LogP contribution in [0.5, 0.6) is 0 Å². The highest BCUT2D eigenvalue weighted by Crippen LogP contribution is 2.31. The molecule has 1 aliphatic heterocycles. The van der Waals surface area contributed by atoms with Gasteiger partial charge in [-0.05, 0) is 18.2 Å². The maximum absolute atomic E-state index is 10.9. The highest BCUT2D eigenvalue weighted by Gasteiger charge is 2.27. The number of halogens is 1. The molecule has 0 spiro atoms. The smallest absolute Gasteiger partial charge is 0.311 e. The first-order chi connectivity index (χ1) is 8.09. The number of anilines is 1. The molecule has 0 radical (unpaired) electrons. The molecule has 0 aliphatic carbocycles. The van der Waals surface area contributed by atoms with Gasteiger partial charge in [0.1, 0.15) is 5.15 Å². The minimum absolute atomic E-state index is 0.00815. The topological polar surface area (TPSA) is 59.3 Å². The first-order valence-corrected chi connectivity index (χ1v) is 6.74.